The zero-order valence-electron chi connectivity index (χ0n) is 14.8. The Kier molecular flexibility index (Phi) is 5.59. The summed E-state index contributed by atoms with van der Waals surface area (Å²) in [7, 11) is -3.73. The van der Waals surface area contributed by atoms with E-state index >= 15 is 0 Å². The smallest absolute Gasteiger partial charge is 0.322 e. The van der Waals surface area contributed by atoms with Gasteiger partial charge >= 0.3 is 6.03 Å². The minimum Gasteiger partial charge on any atom is -0.474 e. The van der Waals surface area contributed by atoms with Crippen LogP contribution in [0.4, 0.5) is 4.79 Å². The average molecular weight is 417 g/mol. The van der Waals surface area contributed by atoms with Crippen LogP contribution >= 0.6 is 11.6 Å². The summed E-state index contributed by atoms with van der Waals surface area (Å²) in [5, 5.41) is 5.08. The van der Waals surface area contributed by atoms with Crippen LogP contribution in [0.5, 0.6) is 5.88 Å². The van der Waals surface area contributed by atoms with Gasteiger partial charge in [-0.25, -0.2) is 22.5 Å². The molecule has 1 aromatic rings. The van der Waals surface area contributed by atoms with Crippen LogP contribution in [-0.4, -0.2) is 60.1 Å². The molecule has 1 unspecified atom stereocenters. The summed E-state index contributed by atoms with van der Waals surface area (Å²) in [4.78, 5) is 27.6. The van der Waals surface area contributed by atoms with Gasteiger partial charge < -0.3 is 10.1 Å². The summed E-state index contributed by atoms with van der Waals surface area (Å²) in [6.45, 7) is 2.21. The molecule has 0 bridgehead atoms. The second-order valence-corrected chi connectivity index (χ2v) is 9.04. The molecule has 0 saturated carbocycles. The lowest BCUT2D eigenvalue weighted by Gasteiger charge is -2.33. The molecule has 0 aliphatic carbocycles. The van der Waals surface area contributed by atoms with Gasteiger partial charge in [-0.15, -0.1) is 0 Å². The van der Waals surface area contributed by atoms with Crippen LogP contribution in [0, 0.1) is 0 Å². The van der Waals surface area contributed by atoms with E-state index in [1.165, 1.54) is 10.5 Å². The summed E-state index contributed by atoms with van der Waals surface area (Å²) < 4.78 is 32.7. The highest BCUT2D eigenvalue weighted by Crippen LogP contribution is 2.24. The highest BCUT2D eigenvalue weighted by atomic mass is 35.5. The summed E-state index contributed by atoms with van der Waals surface area (Å²) in [6, 6.07) is 2.67. The maximum absolute atomic E-state index is 12.8. The first-order valence-corrected chi connectivity index (χ1v) is 10.6. The van der Waals surface area contributed by atoms with Crippen molar-refractivity contribution in [3.8, 4) is 5.88 Å². The van der Waals surface area contributed by atoms with Gasteiger partial charge in [-0.05, 0) is 25.3 Å². The van der Waals surface area contributed by atoms with E-state index in [-0.39, 0.29) is 25.6 Å². The normalized spacial score (nSPS) is 24.5. The molecule has 3 heterocycles. The standard InChI is InChI=1S/C16H21ClN4O5S/c1-2-16(14(22)19-15(23)20-16)10-27(24,25)21-7-5-12(6-8-21)26-13-4-3-11(17)9-18-13/h3-4,9,12H,2,5-8,10H2,1H3,(H2,19,20,22,23). The molecular weight excluding hydrogens is 396 g/mol. The Labute approximate surface area is 162 Å². The highest BCUT2D eigenvalue weighted by molar-refractivity contribution is 7.89. The number of pyridine rings is 1. The van der Waals surface area contributed by atoms with Crippen LogP contribution in [0.3, 0.4) is 0 Å². The maximum atomic E-state index is 12.8. The number of carbonyl (C=O) groups is 2. The van der Waals surface area contributed by atoms with Gasteiger partial charge in [0, 0.05) is 25.4 Å². The van der Waals surface area contributed by atoms with Crippen molar-refractivity contribution < 1.29 is 22.7 Å². The van der Waals surface area contributed by atoms with Crippen LogP contribution < -0.4 is 15.4 Å². The number of carbonyl (C=O) groups excluding carboxylic acids is 2. The van der Waals surface area contributed by atoms with Crippen molar-refractivity contribution in [2.45, 2.75) is 37.8 Å². The Hall–Kier alpha value is -1.91. The fraction of sp³-hybridized carbons (Fsp3) is 0.562. The Morgan fingerprint density at radius 2 is 2.04 bits per heavy atom. The molecule has 2 fully saturated rings. The van der Waals surface area contributed by atoms with Gasteiger partial charge in [0.2, 0.25) is 15.9 Å². The Balaban J connectivity index is 1.60. The van der Waals surface area contributed by atoms with Crippen molar-refractivity contribution >= 4 is 33.6 Å². The number of rotatable bonds is 6. The predicted octanol–water partition coefficient (Wildman–Crippen LogP) is 0.896. The number of piperidine rings is 1. The molecule has 0 radical (unpaired) electrons. The van der Waals surface area contributed by atoms with Crippen molar-refractivity contribution in [2.24, 2.45) is 0 Å². The molecule has 148 valence electrons. The van der Waals surface area contributed by atoms with Gasteiger partial charge in [-0.2, -0.15) is 0 Å². The molecule has 2 N–H and O–H groups in total. The second kappa shape index (κ2) is 7.61. The third-order valence-electron chi connectivity index (χ3n) is 4.83. The molecule has 0 spiro atoms. The molecular formula is C16H21ClN4O5S. The largest absolute Gasteiger partial charge is 0.474 e. The number of urea groups is 1. The van der Waals surface area contributed by atoms with Crippen LogP contribution in [0.25, 0.3) is 0 Å². The minimum atomic E-state index is -3.73. The summed E-state index contributed by atoms with van der Waals surface area (Å²) >= 11 is 5.79. The van der Waals surface area contributed by atoms with Gasteiger partial charge in [-0.3, -0.25) is 10.1 Å². The summed E-state index contributed by atoms with van der Waals surface area (Å²) in [5.41, 5.74) is -1.42. The van der Waals surface area contributed by atoms with E-state index in [0.29, 0.717) is 23.7 Å². The lowest BCUT2D eigenvalue weighted by molar-refractivity contribution is -0.123. The van der Waals surface area contributed by atoms with Crippen molar-refractivity contribution in [3.63, 3.8) is 0 Å². The first kappa shape index (κ1) is 19.8. The van der Waals surface area contributed by atoms with Crippen molar-refractivity contribution in [2.75, 3.05) is 18.8 Å². The number of hydrogen-bond donors (Lipinski definition) is 2. The minimum absolute atomic E-state index is 0.153. The molecule has 2 saturated heterocycles. The fourth-order valence-corrected chi connectivity index (χ4v) is 5.31. The topological polar surface area (TPSA) is 118 Å². The summed E-state index contributed by atoms with van der Waals surface area (Å²) in [5.74, 6) is -0.625. The van der Waals surface area contributed by atoms with E-state index in [2.05, 4.69) is 15.6 Å². The van der Waals surface area contributed by atoms with Crippen LogP contribution in [0.15, 0.2) is 18.3 Å². The van der Waals surface area contributed by atoms with E-state index < -0.39 is 33.3 Å². The monoisotopic (exact) mass is 416 g/mol. The molecule has 1 aromatic heterocycles. The quantitative estimate of drug-likeness (QED) is 0.665. The Morgan fingerprint density at radius 1 is 1.33 bits per heavy atom. The van der Waals surface area contributed by atoms with Gasteiger partial charge in [0.15, 0.2) is 0 Å². The molecule has 1 atom stereocenters. The number of nitrogens with one attached hydrogen (secondary N) is 2. The average Bonchev–Trinajstić information content (AvgIpc) is 2.90. The zero-order valence-corrected chi connectivity index (χ0v) is 16.3. The molecule has 0 aromatic carbocycles. The first-order chi connectivity index (χ1) is 12.7. The van der Waals surface area contributed by atoms with Gasteiger partial charge in [0.1, 0.15) is 11.6 Å². The number of nitrogens with zero attached hydrogens (tertiary/aromatic N) is 2. The van der Waals surface area contributed by atoms with E-state index in [1.54, 1.807) is 19.1 Å². The van der Waals surface area contributed by atoms with Gasteiger partial charge in [0.25, 0.3) is 5.91 Å². The van der Waals surface area contributed by atoms with E-state index in [9.17, 15) is 18.0 Å². The highest BCUT2D eigenvalue weighted by Gasteiger charge is 2.49. The molecule has 3 amide bonds. The Bertz CT molecular complexity index is 824. The van der Waals surface area contributed by atoms with Crippen molar-refractivity contribution in [3.05, 3.63) is 23.4 Å². The maximum Gasteiger partial charge on any atom is 0.322 e. The summed E-state index contributed by atoms with van der Waals surface area (Å²) in [6.07, 6.45) is 2.52. The molecule has 3 rings (SSSR count). The van der Waals surface area contributed by atoms with E-state index in [1.807, 2.05) is 0 Å². The van der Waals surface area contributed by atoms with Crippen LogP contribution in [0.2, 0.25) is 5.02 Å². The van der Waals surface area contributed by atoms with Crippen molar-refractivity contribution in [1.82, 2.24) is 19.9 Å². The fourth-order valence-electron chi connectivity index (χ4n) is 3.21. The van der Waals surface area contributed by atoms with Crippen LogP contribution in [-0.2, 0) is 14.8 Å². The third kappa shape index (κ3) is 4.33. The second-order valence-electron chi connectivity index (χ2n) is 6.63. The van der Waals surface area contributed by atoms with Gasteiger partial charge in [-0.1, -0.05) is 18.5 Å². The molecule has 11 heteroatoms. The zero-order chi connectivity index (χ0) is 19.7. The molecule has 27 heavy (non-hydrogen) atoms. The third-order valence-corrected chi connectivity index (χ3v) is 7.06. The number of imide groups is 1. The van der Waals surface area contributed by atoms with Crippen molar-refractivity contribution in [1.29, 1.82) is 0 Å². The molecule has 2 aliphatic rings. The number of ether oxygens (including phenoxy) is 1. The number of amides is 3. The van der Waals surface area contributed by atoms with E-state index in [4.69, 9.17) is 16.3 Å². The predicted molar refractivity (Wildman–Crippen MR) is 98.0 cm³/mol. The number of halogens is 1. The first-order valence-electron chi connectivity index (χ1n) is 8.64. The Morgan fingerprint density at radius 3 is 2.56 bits per heavy atom. The molecule has 9 nitrogen and oxygen atoms in total. The SMILES string of the molecule is CCC1(CS(=O)(=O)N2CCC(Oc3ccc(Cl)cn3)CC2)NC(=O)NC1=O. The molecule has 2 aliphatic heterocycles. The van der Waals surface area contributed by atoms with Crippen LogP contribution in [0.1, 0.15) is 26.2 Å². The van der Waals surface area contributed by atoms with Gasteiger partial charge in [0.05, 0.1) is 10.8 Å². The number of aromatic nitrogens is 1. The number of sulfonamides is 1. The lowest BCUT2D eigenvalue weighted by Crippen LogP contribution is -2.55. The number of hydrogen-bond acceptors (Lipinski definition) is 6. The lowest BCUT2D eigenvalue weighted by atomic mass is 10.00. The van der Waals surface area contributed by atoms with E-state index in [0.717, 1.165) is 0 Å².